The van der Waals surface area contributed by atoms with Gasteiger partial charge in [-0.2, -0.15) is 0 Å². The summed E-state index contributed by atoms with van der Waals surface area (Å²) in [6.07, 6.45) is 4.29. The summed E-state index contributed by atoms with van der Waals surface area (Å²) in [6, 6.07) is 11.8. The molecule has 1 atom stereocenters. The van der Waals surface area contributed by atoms with Crippen molar-refractivity contribution in [1.29, 1.82) is 0 Å². The second-order valence-corrected chi connectivity index (χ2v) is 7.71. The number of hydrogen-bond donors (Lipinski definition) is 1. The number of amides is 2. The van der Waals surface area contributed by atoms with Crippen molar-refractivity contribution in [2.75, 3.05) is 33.4 Å². The number of hydrogen-bond acceptors (Lipinski definition) is 4. The highest BCUT2D eigenvalue weighted by molar-refractivity contribution is 5.74. The van der Waals surface area contributed by atoms with Crippen molar-refractivity contribution in [3.63, 3.8) is 0 Å². The molecule has 2 amide bonds. The van der Waals surface area contributed by atoms with Gasteiger partial charge in [0.25, 0.3) is 0 Å². The lowest BCUT2D eigenvalue weighted by Gasteiger charge is -2.26. The van der Waals surface area contributed by atoms with Crippen molar-refractivity contribution in [3.05, 3.63) is 72.1 Å². The topological polar surface area (TPSA) is 60.0 Å². The third-order valence-electron chi connectivity index (χ3n) is 5.30. The van der Waals surface area contributed by atoms with Crippen LogP contribution in [0.25, 0.3) is 0 Å². The average molecular weight is 443 g/mol. The highest BCUT2D eigenvalue weighted by Crippen LogP contribution is 2.29. The molecule has 1 fully saturated rings. The number of rotatable bonds is 11. The Morgan fingerprint density at radius 2 is 2.03 bits per heavy atom. The maximum atomic E-state index is 13.1. The van der Waals surface area contributed by atoms with Gasteiger partial charge in [-0.05, 0) is 54.7 Å². The summed E-state index contributed by atoms with van der Waals surface area (Å²) in [6.45, 7) is 6.17. The number of methoxy groups -OCH3 is 1. The molecule has 0 spiro atoms. The SMILES string of the molecule is C=CCOc1ccc(CN(C[C@@H]2CCCO2)C(=O)NCCc2ccc(F)cc2)cc1OC. The van der Waals surface area contributed by atoms with Crippen LogP contribution >= 0.6 is 0 Å². The molecule has 1 saturated heterocycles. The molecule has 0 saturated carbocycles. The summed E-state index contributed by atoms with van der Waals surface area (Å²) >= 11 is 0. The molecule has 0 aromatic heterocycles. The maximum Gasteiger partial charge on any atom is 0.317 e. The molecule has 172 valence electrons. The van der Waals surface area contributed by atoms with E-state index in [-0.39, 0.29) is 18.0 Å². The first kappa shape index (κ1) is 23.6. The van der Waals surface area contributed by atoms with Gasteiger partial charge in [0.15, 0.2) is 11.5 Å². The standard InChI is InChI=1S/C25H31FN2O4/c1-3-14-32-23-11-8-20(16-24(23)30-2)17-28(18-22-5-4-15-31-22)25(29)27-13-12-19-6-9-21(26)10-7-19/h3,6-11,16,22H,1,4-5,12-15,17-18H2,2H3,(H,27,29)/t22-/m0/s1. The largest absolute Gasteiger partial charge is 0.493 e. The van der Waals surface area contributed by atoms with Crippen molar-refractivity contribution >= 4 is 6.03 Å². The molecule has 6 nitrogen and oxygen atoms in total. The molecule has 32 heavy (non-hydrogen) atoms. The van der Waals surface area contributed by atoms with E-state index in [0.29, 0.717) is 44.2 Å². The smallest absolute Gasteiger partial charge is 0.317 e. The Morgan fingerprint density at radius 1 is 1.25 bits per heavy atom. The van der Waals surface area contributed by atoms with E-state index in [9.17, 15) is 9.18 Å². The van der Waals surface area contributed by atoms with Gasteiger partial charge in [0.1, 0.15) is 12.4 Å². The van der Waals surface area contributed by atoms with E-state index >= 15 is 0 Å². The molecule has 3 rings (SSSR count). The van der Waals surface area contributed by atoms with E-state index in [1.54, 1.807) is 30.2 Å². The lowest BCUT2D eigenvalue weighted by atomic mass is 10.1. The van der Waals surface area contributed by atoms with Crippen LogP contribution in [0.2, 0.25) is 0 Å². The molecule has 0 radical (unpaired) electrons. The second kappa shape index (κ2) is 12.1. The van der Waals surface area contributed by atoms with Gasteiger partial charge in [0.05, 0.1) is 13.2 Å². The van der Waals surface area contributed by atoms with Gasteiger partial charge in [-0.15, -0.1) is 0 Å². The van der Waals surface area contributed by atoms with Crippen molar-refractivity contribution in [3.8, 4) is 11.5 Å². The van der Waals surface area contributed by atoms with E-state index in [4.69, 9.17) is 14.2 Å². The zero-order valence-corrected chi connectivity index (χ0v) is 18.5. The van der Waals surface area contributed by atoms with Gasteiger partial charge in [-0.1, -0.05) is 30.9 Å². The molecule has 2 aromatic rings. The normalized spacial score (nSPS) is 15.2. The summed E-state index contributed by atoms with van der Waals surface area (Å²) in [5.41, 5.74) is 1.90. The van der Waals surface area contributed by atoms with Crippen molar-refractivity contribution in [2.24, 2.45) is 0 Å². The second-order valence-electron chi connectivity index (χ2n) is 7.71. The summed E-state index contributed by atoms with van der Waals surface area (Å²) < 4.78 is 29.9. The average Bonchev–Trinajstić information content (AvgIpc) is 3.32. The maximum absolute atomic E-state index is 13.1. The number of urea groups is 1. The summed E-state index contributed by atoms with van der Waals surface area (Å²) in [5, 5.41) is 2.98. The van der Waals surface area contributed by atoms with Gasteiger partial charge in [-0.3, -0.25) is 0 Å². The number of ether oxygens (including phenoxy) is 3. The number of carbonyl (C=O) groups is 1. The molecule has 1 aliphatic rings. The van der Waals surface area contributed by atoms with Crippen LogP contribution < -0.4 is 14.8 Å². The molecule has 0 bridgehead atoms. The molecule has 7 heteroatoms. The molecule has 0 aliphatic carbocycles. The summed E-state index contributed by atoms with van der Waals surface area (Å²) in [7, 11) is 1.59. The van der Waals surface area contributed by atoms with Gasteiger partial charge >= 0.3 is 6.03 Å². The van der Waals surface area contributed by atoms with Gasteiger partial charge in [-0.25, -0.2) is 9.18 Å². The van der Waals surface area contributed by atoms with E-state index < -0.39 is 0 Å². The van der Waals surface area contributed by atoms with E-state index in [1.165, 1.54) is 12.1 Å². The molecular formula is C25H31FN2O4. The third-order valence-corrected chi connectivity index (χ3v) is 5.30. The van der Waals surface area contributed by atoms with Crippen molar-refractivity contribution in [1.82, 2.24) is 10.2 Å². The van der Waals surface area contributed by atoms with Crippen LogP contribution in [-0.2, 0) is 17.7 Å². The van der Waals surface area contributed by atoms with Gasteiger partial charge in [0.2, 0.25) is 0 Å². The highest BCUT2D eigenvalue weighted by Gasteiger charge is 2.23. The number of carbonyl (C=O) groups excluding carboxylic acids is 1. The number of nitrogens with zero attached hydrogens (tertiary/aromatic N) is 1. The first-order valence-electron chi connectivity index (χ1n) is 10.9. The number of nitrogens with one attached hydrogen (secondary N) is 1. The highest BCUT2D eigenvalue weighted by atomic mass is 19.1. The molecule has 1 aliphatic heterocycles. The summed E-state index contributed by atoms with van der Waals surface area (Å²) in [4.78, 5) is 14.7. The monoisotopic (exact) mass is 442 g/mol. The van der Waals surface area contributed by atoms with E-state index in [2.05, 4.69) is 11.9 Å². The summed E-state index contributed by atoms with van der Waals surface area (Å²) in [5.74, 6) is 0.973. The Balaban J connectivity index is 1.64. The Kier molecular flexibility index (Phi) is 8.92. The van der Waals surface area contributed by atoms with Crippen LogP contribution in [0.5, 0.6) is 11.5 Å². The Labute approximate surface area is 189 Å². The fraction of sp³-hybridized carbons (Fsp3) is 0.400. The first-order valence-corrected chi connectivity index (χ1v) is 10.9. The molecule has 1 heterocycles. The molecule has 2 aromatic carbocycles. The van der Waals surface area contributed by atoms with E-state index in [1.807, 2.05) is 18.2 Å². The lowest BCUT2D eigenvalue weighted by Crippen LogP contribution is -2.43. The first-order chi connectivity index (χ1) is 15.6. The number of benzene rings is 2. The fourth-order valence-electron chi connectivity index (χ4n) is 3.63. The van der Waals surface area contributed by atoms with Crippen LogP contribution in [0.15, 0.2) is 55.1 Å². The Bertz CT molecular complexity index is 882. The fourth-order valence-corrected chi connectivity index (χ4v) is 3.63. The zero-order chi connectivity index (χ0) is 22.8. The molecule has 0 unspecified atom stereocenters. The van der Waals surface area contributed by atoms with Crippen LogP contribution in [0.4, 0.5) is 9.18 Å². The predicted molar refractivity (Wildman–Crippen MR) is 122 cm³/mol. The van der Waals surface area contributed by atoms with Crippen molar-refractivity contribution in [2.45, 2.75) is 31.9 Å². The Hall–Kier alpha value is -3.06. The predicted octanol–water partition coefficient (Wildman–Crippen LogP) is 4.33. The minimum absolute atomic E-state index is 0.0370. The Morgan fingerprint density at radius 3 is 2.72 bits per heavy atom. The quantitative estimate of drug-likeness (QED) is 0.526. The third kappa shape index (κ3) is 6.99. The van der Waals surface area contributed by atoms with Crippen LogP contribution in [0, 0.1) is 5.82 Å². The van der Waals surface area contributed by atoms with Crippen LogP contribution in [0.3, 0.4) is 0 Å². The molecule has 1 N–H and O–H groups in total. The minimum atomic E-state index is -0.267. The van der Waals surface area contributed by atoms with Gasteiger partial charge < -0.3 is 24.4 Å². The number of halogens is 1. The van der Waals surface area contributed by atoms with Crippen LogP contribution in [-0.4, -0.2) is 50.4 Å². The van der Waals surface area contributed by atoms with Gasteiger partial charge in [0, 0.05) is 26.2 Å². The van der Waals surface area contributed by atoms with E-state index in [0.717, 1.165) is 30.6 Å². The lowest BCUT2D eigenvalue weighted by molar-refractivity contribution is 0.0795. The minimum Gasteiger partial charge on any atom is -0.493 e. The zero-order valence-electron chi connectivity index (χ0n) is 18.5. The van der Waals surface area contributed by atoms with Crippen molar-refractivity contribution < 1.29 is 23.4 Å². The molecular weight excluding hydrogens is 411 g/mol. The van der Waals surface area contributed by atoms with Crippen LogP contribution in [0.1, 0.15) is 24.0 Å².